The molecule has 0 radical (unpaired) electrons. The molecule has 2 heterocycles. The van der Waals surface area contributed by atoms with Crippen LogP contribution in [0.2, 0.25) is 0 Å². The second-order valence-electron chi connectivity index (χ2n) is 9.26. The number of rotatable bonds is 9. The highest BCUT2D eigenvalue weighted by molar-refractivity contribution is 6.08. The maximum atomic E-state index is 13.4. The summed E-state index contributed by atoms with van der Waals surface area (Å²) in [6.45, 7) is 0. The van der Waals surface area contributed by atoms with Gasteiger partial charge in [0.2, 0.25) is 5.91 Å². The molecule has 12 nitrogen and oxygen atoms in total. The Balaban J connectivity index is 1.43. The average molecular weight is 554 g/mol. The van der Waals surface area contributed by atoms with Gasteiger partial charge in [-0.15, -0.1) is 10.2 Å². The number of pyridine rings is 1. The van der Waals surface area contributed by atoms with Crippen LogP contribution in [0.25, 0.3) is 5.69 Å². The summed E-state index contributed by atoms with van der Waals surface area (Å²) < 4.78 is 7.07. The first kappa shape index (κ1) is 27.1. The zero-order chi connectivity index (χ0) is 28.9. The number of benzene rings is 2. The van der Waals surface area contributed by atoms with E-state index in [1.807, 2.05) is 0 Å². The first-order chi connectivity index (χ1) is 19.9. The second-order valence-corrected chi connectivity index (χ2v) is 9.26. The monoisotopic (exact) mass is 553 g/mol. The Hall–Kier alpha value is -5.52. The van der Waals surface area contributed by atoms with Crippen molar-refractivity contribution in [2.45, 2.75) is 12.8 Å². The summed E-state index contributed by atoms with van der Waals surface area (Å²) in [5.74, 6) is -0.761. The first-order valence-corrected chi connectivity index (χ1v) is 12.8. The molecular weight excluding hydrogens is 526 g/mol. The van der Waals surface area contributed by atoms with Gasteiger partial charge in [0.05, 0.1) is 29.7 Å². The van der Waals surface area contributed by atoms with Gasteiger partial charge < -0.3 is 26.0 Å². The molecular formula is C29H27N7O5. The zero-order valence-electron chi connectivity index (χ0n) is 22.3. The highest BCUT2D eigenvalue weighted by atomic mass is 16.5. The van der Waals surface area contributed by atoms with Crippen LogP contribution in [0.4, 0.5) is 22.9 Å². The molecule has 2 aromatic heterocycles. The van der Waals surface area contributed by atoms with Crippen LogP contribution in [0.1, 0.15) is 33.7 Å². The van der Waals surface area contributed by atoms with E-state index in [0.717, 1.165) is 12.8 Å². The van der Waals surface area contributed by atoms with Crippen LogP contribution in [0, 0.1) is 5.92 Å². The molecule has 1 aliphatic carbocycles. The van der Waals surface area contributed by atoms with E-state index in [-0.39, 0.29) is 45.9 Å². The van der Waals surface area contributed by atoms with Gasteiger partial charge in [-0.05, 0) is 49.2 Å². The predicted octanol–water partition coefficient (Wildman–Crippen LogP) is 3.34. The van der Waals surface area contributed by atoms with E-state index in [9.17, 15) is 19.2 Å². The third-order valence-electron chi connectivity index (χ3n) is 6.37. The summed E-state index contributed by atoms with van der Waals surface area (Å²) in [4.78, 5) is 50.3. The number of methoxy groups -OCH3 is 1. The van der Waals surface area contributed by atoms with Crippen LogP contribution in [-0.2, 0) is 4.79 Å². The topological polar surface area (TPSA) is 156 Å². The van der Waals surface area contributed by atoms with Crippen LogP contribution in [0.15, 0.2) is 77.7 Å². The van der Waals surface area contributed by atoms with Gasteiger partial charge in [-0.25, -0.2) is 0 Å². The molecule has 0 aliphatic heterocycles. The zero-order valence-corrected chi connectivity index (χ0v) is 22.3. The van der Waals surface area contributed by atoms with Crippen molar-refractivity contribution >= 4 is 40.6 Å². The maximum absolute atomic E-state index is 13.4. The van der Waals surface area contributed by atoms with Gasteiger partial charge in [-0.3, -0.25) is 23.7 Å². The molecule has 0 atom stereocenters. The van der Waals surface area contributed by atoms with E-state index >= 15 is 0 Å². The number of nitrogens with one attached hydrogen (secondary N) is 4. The fourth-order valence-electron chi connectivity index (χ4n) is 4.16. The maximum Gasteiger partial charge on any atom is 0.273 e. The van der Waals surface area contributed by atoms with Gasteiger partial charge in [0, 0.05) is 37.0 Å². The molecule has 12 heteroatoms. The third kappa shape index (κ3) is 6.06. The van der Waals surface area contributed by atoms with E-state index in [4.69, 9.17) is 4.74 Å². The molecule has 4 N–H and O–H groups in total. The minimum atomic E-state index is -0.495. The Bertz CT molecular complexity index is 1700. The number of ether oxygens (including phenoxy) is 1. The fraction of sp³-hybridized carbons (Fsp3) is 0.172. The van der Waals surface area contributed by atoms with Crippen molar-refractivity contribution in [3.63, 3.8) is 0 Å². The minimum absolute atomic E-state index is 0.0122. The van der Waals surface area contributed by atoms with Crippen molar-refractivity contribution in [3.05, 3.63) is 94.5 Å². The summed E-state index contributed by atoms with van der Waals surface area (Å²) in [5.41, 5.74) is 1.69. The molecule has 0 bridgehead atoms. The summed E-state index contributed by atoms with van der Waals surface area (Å²) in [7, 11) is 2.89. The first-order valence-electron chi connectivity index (χ1n) is 12.8. The lowest BCUT2D eigenvalue weighted by Gasteiger charge is -2.17. The summed E-state index contributed by atoms with van der Waals surface area (Å²) >= 11 is 0. The molecule has 5 rings (SSSR count). The lowest BCUT2D eigenvalue weighted by molar-refractivity contribution is -0.117. The highest BCUT2D eigenvalue weighted by Crippen LogP contribution is 2.34. The normalized spacial score (nSPS) is 12.2. The summed E-state index contributed by atoms with van der Waals surface area (Å²) in [6, 6.07) is 18.2. The lowest BCUT2D eigenvalue weighted by atomic mass is 10.1. The van der Waals surface area contributed by atoms with Crippen molar-refractivity contribution < 1.29 is 19.1 Å². The number of carbonyl (C=O) groups is 3. The number of carbonyl (C=O) groups excluding carboxylic acids is 3. The van der Waals surface area contributed by atoms with Gasteiger partial charge in [0.15, 0.2) is 17.3 Å². The van der Waals surface area contributed by atoms with E-state index in [2.05, 4.69) is 31.5 Å². The van der Waals surface area contributed by atoms with E-state index in [0.29, 0.717) is 17.1 Å². The number of aromatic nitrogens is 3. The lowest BCUT2D eigenvalue weighted by Crippen LogP contribution is -2.22. The Morgan fingerprint density at radius 3 is 2.44 bits per heavy atom. The molecule has 41 heavy (non-hydrogen) atoms. The average Bonchev–Trinajstić information content (AvgIpc) is 3.83. The molecule has 0 saturated heterocycles. The second kappa shape index (κ2) is 11.7. The van der Waals surface area contributed by atoms with E-state index in [1.54, 1.807) is 60.8 Å². The van der Waals surface area contributed by atoms with Gasteiger partial charge in [0.25, 0.3) is 17.4 Å². The molecule has 1 saturated carbocycles. The van der Waals surface area contributed by atoms with Gasteiger partial charge in [-0.1, -0.05) is 18.2 Å². The van der Waals surface area contributed by atoms with Gasteiger partial charge in [-0.2, -0.15) is 0 Å². The quantitative estimate of drug-likeness (QED) is 0.246. The number of hydrogen-bond donors (Lipinski definition) is 4. The van der Waals surface area contributed by atoms with Crippen LogP contribution < -0.4 is 31.6 Å². The SMILES string of the molecule is CNC(=O)c1nnc(NC(=O)C2CC2)cc1Nc1cccc(C(=O)Nc2cccc(-n3ccccc3=O)c2)c1OC. The molecule has 0 unspecified atom stereocenters. The molecule has 2 aromatic carbocycles. The Morgan fingerprint density at radius 2 is 1.71 bits per heavy atom. The summed E-state index contributed by atoms with van der Waals surface area (Å²) in [5, 5.41) is 19.2. The molecule has 0 spiro atoms. The van der Waals surface area contributed by atoms with Gasteiger partial charge in [0.1, 0.15) is 0 Å². The number of nitrogens with zero attached hydrogens (tertiary/aromatic N) is 3. The van der Waals surface area contributed by atoms with Crippen LogP contribution in [0.3, 0.4) is 0 Å². The van der Waals surface area contributed by atoms with Gasteiger partial charge >= 0.3 is 0 Å². The standard InChI is InChI=1S/C29H27N7O5/c1-30-29(40)25-22(16-23(34-35-25)33-27(38)17-12-13-17)32-21-10-6-9-20(26(21)41-2)28(39)31-18-7-5-8-19(15-18)36-14-4-3-11-24(36)37/h3-11,14-17H,12-13H2,1-2H3,(H,30,40)(H,31,39)(H2,32,33,34,38). The number of anilines is 4. The van der Waals surface area contributed by atoms with Crippen LogP contribution >= 0.6 is 0 Å². The fourth-order valence-corrected chi connectivity index (χ4v) is 4.16. The minimum Gasteiger partial charge on any atom is -0.494 e. The van der Waals surface area contributed by atoms with Crippen LogP contribution in [0.5, 0.6) is 5.75 Å². The van der Waals surface area contributed by atoms with E-state index in [1.165, 1.54) is 30.9 Å². The van der Waals surface area contributed by atoms with Crippen molar-refractivity contribution in [1.29, 1.82) is 0 Å². The van der Waals surface area contributed by atoms with Crippen LogP contribution in [-0.4, -0.2) is 46.6 Å². The highest BCUT2D eigenvalue weighted by Gasteiger charge is 2.30. The number of para-hydroxylation sites is 1. The Labute approximate surface area is 234 Å². The molecule has 208 valence electrons. The smallest absolute Gasteiger partial charge is 0.273 e. The van der Waals surface area contributed by atoms with Crippen molar-refractivity contribution in [1.82, 2.24) is 20.1 Å². The molecule has 3 amide bonds. The molecule has 4 aromatic rings. The molecule has 1 fully saturated rings. The third-order valence-corrected chi connectivity index (χ3v) is 6.37. The van der Waals surface area contributed by atoms with Crippen molar-refractivity contribution in [2.75, 3.05) is 30.1 Å². The Kier molecular flexibility index (Phi) is 7.72. The number of amides is 3. The largest absolute Gasteiger partial charge is 0.494 e. The summed E-state index contributed by atoms with van der Waals surface area (Å²) in [6.07, 6.45) is 3.29. The van der Waals surface area contributed by atoms with E-state index < -0.39 is 11.8 Å². The molecule has 1 aliphatic rings. The Morgan fingerprint density at radius 1 is 0.902 bits per heavy atom. The van der Waals surface area contributed by atoms with Crippen molar-refractivity contribution in [2.24, 2.45) is 5.92 Å². The van der Waals surface area contributed by atoms with Crippen molar-refractivity contribution in [3.8, 4) is 11.4 Å². The number of hydrogen-bond acceptors (Lipinski definition) is 8. The predicted molar refractivity (Wildman–Crippen MR) is 153 cm³/mol.